The summed E-state index contributed by atoms with van der Waals surface area (Å²) < 4.78 is 59.0. The predicted octanol–water partition coefficient (Wildman–Crippen LogP) is 13.6. The topological polar surface area (TPSA) is 370 Å². The van der Waals surface area contributed by atoms with E-state index in [4.69, 9.17) is 98.9 Å². The SMILES string of the molecule is C.CC(C)(C)OC(=O)N1C[C@H](O)C[C@H]1C(=O)O.CC(C)(C)OC(=O)N1C[C@H](OCc2ccc(Cl)cc2)C[C@H]1C(=O)O.COC(=O)[C@@H]1C[C@@H](OCc2ccc(Cl)cc2)CN1.COC(=O)[C@@H]1C[C@@H](OCc2ccc(Cl)cc2)CN1C(=O)OC(C)(C)C.COC(=O)[C@@H]1C[C@@H](OCc2ccc(Cl)cc2)CN1C(=O)[C@@H](CCc1ccccc1)NC(=O)OCc1ccccc1.[2H-].[BH4-].[CH3-]. The number of alkyl carbamates (subject to hydrolysis) is 1. The molecular weight excluding hydrogens is 1710 g/mol. The molecule has 5 aliphatic heterocycles. The van der Waals surface area contributed by atoms with Crippen molar-refractivity contribution in [2.75, 3.05) is 54.1 Å². The lowest BCUT2D eigenvalue weighted by Crippen LogP contribution is -2.52. The molecule has 6 aromatic carbocycles. The Morgan fingerprint density at radius 1 is 0.429 bits per heavy atom. The number of nitrogens with one attached hydrogen (secondary N) is 2. The summed E-state index contributed by atoms with van der Waals surface area (Å²) in [5, 5.41) is 36.0. The Kier molecular flexibility index (Phi) is 45.2. The number of aryl methyl sites for hydroxylation is 1. The molecule has 0 bridgehead atoms. The van der Waals surface area contributed by atoms with Crippen LogP contribution in [0.3, 0.4) is 0 Å². The molecule has 0 spiro atoms. The minimum Gasteiger partial charge on any atom is -1.00 e. The number of aliphatic carboxylic acids is 2. The first-order chi connectivity index (χ1) is 58.2. The molecule has 5 saturated heterocycles. The maximum atomic E-state index is 13.8. The minimum absolute atomic E-state index is 0. The van der Waals surface area contributed by atoms with E-state index >= 15 is 0 Å². The number of carboxylic acids is 2. The van der Waals surface area contributed by atoms with Crippen LogP contribution in [-0.2, 0) is 120 Å². The van der Waals surface area contributed by atoms with Gasteiger partial charge in [0.25, 0.3) is 0 Å². The van der Waals surface area contributed by atoms with E-state index in [2.05, 4.69) is 15.4 Å². The normalized spacial score (nSPS) is 20.0. The fourth-order valence-corrected chi connectivity index (χ4v) is 13.7. The van der Waals surface area contributed by atoms with Crippen LogP contribution in [0.4, 0.5) is 19.2 Å². The lowest BCUT2D eigenvalue weighted by atomic mass is 10.0. The summed E-state index contributed by atoms with van der Waals surface area (Å²) >= 11 is 23.5. The highest BCUT2D eigenvalue weighted by molar-refractivity contribution is 6.31. The highest BCUT2D eigenvalue weighted by atomic mass is 35.5. The van der Waals surface area contributed by atoms with Crippen LogP contribution >= 0.6 is 46.4 Å². The van der Waals surface area contributed by atoms with Gasteiger partial charge in [0.15, 0.2) is 0 Å². The standard InChI is InChI=1S/C31H33ClN2O6.C18H24ClNO5.C17H22ClNO5.C13H16ClNO3.C10H17NO5.CH4.CH3.BH4.H/c1-38-30(36)28-18-26(39-20-24-12-15-25(32)16-13-24)19-34(28)29(35)27(17-14-22-8-4-2-5-9-22)33-31(37)40-21-23-10-6-3-7-11-23;1-18(2,3)25-17(22)20-10-14(9-15(20)16(21)23-4)24-11-12-5-7-13(19)8-6-12;1-17(2,3)24-16(22)19-9-13(8-14(19)15(20)21)23-10-11-4-6-12(18)7-5-11;1-17-13(16)12-6-11(7-15-12)18-8-9-2-4-10(14)5-3-9;1-10(2,3)16-9(15)11-5-6(12)4-7(11)8(13)14;;;;/h2-13,15-16,26-28H,14,17-21H2,1H3,(H,33,37);5-8,14-15H,9-11H2,1-4H3;4-7,13-14H,8-10H2,1-3H3,(H,20,21);2-5,11-12,15H,6-8H2,1H3;6-7,12H,4-5H2,1-3H3,(H,13,14);1H4;1H3;1H4;/q;;;;;;3*-1/t26-,27-,28+;14-,15+;13-,14+;11-,12+;6-,7+;;;;/m11111..../s1/i;;;;;;;;1+1. The first-order valence-electron chi connectivity index (χ1n) is 40.0. The number of hydrogen-bond donors (Lipinski definition) is 5. The van der Waals surface area contributed by atoms with Gasteiger partial charge in [0.05, 0.1) is 97.9 Å². The summed E-state index contributed by atoms with van der Waals surface area (Å²) in [5.74, 6) is -3.79. The molecule has 5 fully saturated rings. The molecule has 11 atom stereocenters. The Hall–Kier alpha value is -9.80. The molecule has 0 radical (unpaired) electrons. The molecule has 5 aliphatic rings. The van der Waals surface area contributed by atoms with E-state index in [0.717, 1.165) is 38.3 Å². The Morgan fingerprint density at radius 2 is 0.746 bits per heavy atom. The lowest BCUT2D eigenvalue weighted by Gasteiger charge is -2.27. The fourth-order valence-electron chi connectivity index (χ4n) is 13.2. The number of carboxylic acid groups (broad SMARTS) is 2. The number of β-amino-alcohol motifs (C(OH)–C–C–N with tert-alkyl or cyclic N) is 1. The Balaban J connectivity index is 0.000000423. The van der Waals surface area contributed by atoms with Crippen LogP contribution in [0.5, 0.6) is 0 Å². The van der Waals surface area contributed by atoms with Gasteiger partial charge in [0, 0.05) is 65.3 Å². The number of carbonyl (C=O) groups excluding carboxylic acids is 8. The van der Waals surface area contributed by atoms with Crippen molar-refractivity contribution < 1.29 is 117 Å². The third kappa shape index (κ3) is 37.3. The number of aliphatic hydroxyl groups excluding tert-OH is 1. The van der Waals surface area contributed by atoms with Crippen LogP contribution in [0.15, 0.2) is 158 Å². The first-order valence-corrected chi connectivity index (χ1v) is 41.5. The van der Waals surface area contributed by atoms with Crippen LogP contribution in [0, 0.1) is 7.43 Å². The van der Waals surface area contributed by atoms with Gasteiger partial charge in [-0.3, -0.25) is 24.3 Å². The molecule has 5 N–H and O–H groups in total. The van der Waals surface area contributed by atoms with Gasteiger partial charge in [-0.05, 0) is 157 Å². The van der Waals surface area contributed by atoms with Gasteiger partial charge >= 0.3 is 54.2 Å². The lowest BCUT2D eigenvalue weighted by molar-refractivity contribution is -0.151. The fraction of sp³-hybridized carbons (Fsp3) is 0.484. The smallest absolute Gasteiger partial charge is 0.411 e. The first kappa shape index (κ1) is 109. The molecule has 0 unspecified atom stereocenters. The zero-order valence-corrected chi connectivity index (χ0v) is 75.1. The van der Waals surface area contributed by atoms with Gasteiger partial charge in [-0.1, -0.05) is 171 Å². The molecule has 126 heavy (non-hydrogen) atoms. The van der Waals surface area contributed by atoms with Crippen LogP contribution in [0.2, 0.25) is 20.1 Å². The monoisotopic (exact) mass is 1840 g/mol. The molecule has 11 rings (SSSR count). The second kappa shape index (κ2) is 52.5. The summed E-state index contributed by atoms with van der Waals surface area (Å²) in [6.07, 6.45) is -1.87. The second-order valence-electron chi connectivity index (χ2n) is 32.5. The number of carbonyl (C=O) groups is 10. The van der Waals surface area contributed by atoms with Crippen molar-refractivity contribution in [3.05, 3.63) is 219 Å². The number of amides is 5. The number of halogens is 4. The minimum atomic E-state index is -1.12. The number of esters is 3. The maximum Gasteiger partial charge on any atom is 0.411 e. The van der Waals surface area contributed by atoms with Crippen LogP contribution in [0.25, 0.3) is 0 Å². The van der Waals surface area contributed by atoms with E-state index < -0.39 is 101 Å². The van der Waals surface area contributed by atoms with Gasteiger partial charge in [0.1, 0.15) is 59.7 Å². The van der Waals surface area contributed by atoms with E-state index in [1.54, 1.807) is 98.7 Å². The largest absolute Gasteiger partial charge is 1.00 e. The van der Waals surface area contributed by atoms with Gasteiger partial charge in [-0.2, -0.15) is 0 Å². The molecule has 30 nitrogen and oxygen atoms in total. The van der Waals surface area contributed by atoms with Crippen molar-refractivity contribution in [1.29, 1.82) is 0 Å². The molecule has 696 valence electrons. The third-order valence-electron chi connectivity index (χ3n) is 19.3. The van der Waals surface area contributed by atoms with Crippen molar-refractivity contribution in [2.45, 2.75) is 231 Å². The zero-order valence-electron chi connectivity index (χ0n) is 73.1. The summed E-state index contributed by atoms with van der Waals surface area (Å²) in [7, 11) is 3.99. The Bertz CT molecular complexity index is 4410. The summed E-state index contributed by atoms with van der Waals surface area (Å²) in [4.78, 5) is 126. The van der Waals surface area contributed by atoms with Gasteiger partial charge in [0.2, 0.25) is 5.91 Å². The number of aliphatic hydroxyl groups is 1. The number of hydrogen-bond acceptors (Lipinski definition) is 23. The highest BCUT2D eigenvalue weighted by Gasteiger charge is 2.47. The van der Waals surface area contributed by atoms with Crippen molar-refractivity contribution in [3.63, 3.8) is 0 Å². The molecule has 0 saturated carbocycles. The predicted molar refractivity (Wildman–Crippen MR) is 482 cm³/mol. The average molecular weight is 1840 g/mol. The zero-order chi connectivity index (χ0) is 90.3. The number of rotatable bonds is 24. The number of methoxy groups -OCH3 is 3. The molecular formula is C91H124BCl4N6O24-3. The van der Waals surface area contributed by atoms with E-state index in [1.165, 1.54) is 36.0 Å². The summed E-state index contributed by atoms with van der Waals surface area (Å²) in [6, 6.07) is 43.7. The maximum absolute atomic E-state index is 13.8. The van der Waals surface area contributed by atoms with Gasteiger partial charge in [-0.25, -0.2) is 38.4 Å². The number of benzene rings is 6. The molecule has 6 aromatic rings. The van der Waals surface area contributed by atoms with Crippen molar-refractivity contribution >= 4 is 115 Å². The third-order valence-corrected chi connectivity index (χ3v) is 20.3. The molecule has 0 aliphatic carbocycles. The van der Waals surface area contributed by atoms with Crippen molar-refractivity contribution in [3.8, 4) is 0 Å². The van der Waals surface area contributed by atoms with Crippen molar-refractivity contribution in [2.24, 2.45) is 0 Å². The Morgan fingerprint density at radius 3 is 1.11 bits per heavy atom. The van der Waals surface area contributed by atoms with E-state index in [1.807, 2.05) is 121 Å². The average Bonchev–Trinajstić information content (AvgIpc) is 1.69. The van der Waals surface area contributed by atoms with Crippen LogP contribution < -0.4 is 10.6 Å². The van der Waals surface area contributed by atoms with Gasteiger partial charge in [-0.15, -0.1) is 0 Å². The Labute approximate surface area is 761 Å². The molecule has 5 amide bonds. The van der Waals surface area contributed by atoms with E-state index in [9.17, 15) is 58.2 Å². The number of likely N-dealkylation sites (tertiary alicyclic amines) is 4. The number of nitrogens with zero attached hydrogens (tertiary/aromatic N) is 4. The quantitative estimate of drug-likeness (QED) is 0.0163. The second-order valence-corrected chi connectivity index (χ2v) is 34.3. The summed E-state index contributed by atoms with van der Waals surface area (Å²) in [6.45, 7) is 18.6. The molecule has 35 heteroatoms. The van der Waals surface area contributed by atoms with Crippen LogP contribution in [0.1, 0.15) is 143 Å². The van der Waals surface area contributed by atoms with E-state index in [-0.39, 0.29) is 119 Å². The molecule has 5 heterocycles. The molecule has 0 aromatic heterocycles. The van der Waals surface area contributed by atoms with Crippen LogP contribution in [-0.4, -0.2) is 241 Å². The number of ether oxygens (including phenoxy) is 11. The highest BCUT2D eigenvalue weighted by Crippen LogP contribution is 2.30. The van der Waals surface area contributed by atoms with Crippen molar-refractivity contribution in [1.82, 2.24) is 30.2 Å². The summed E-state index contributed by atoms with van der Waals surface area (Å²) in [5.41, 5.74) is 3.76. The van der Waals surface area contributed by atoms with Gasteiger partial charge < -0.3 is 91.8 Å². The van der Waals surface area contributed by atoms with E-state index in [0.29, 0.717) is 78.7 Å².